The van der Waals surface area contributed by atoms with Gasteiger partial charge in [0.2, 0.25) is 5.91 Å². The van der Waals surface area contributed by atoms with Crippen LogP contribution in [0, 0.1) is 17.0 Å². The number of aryl methyl sites for hydroxylation is 1. The number of nitro groups is 1. The van der Waals surface area contributed by atoms with Gasteiger partial charge in [0.15, 0.2) is 5.76 Å². The number of fused-ring (bicyclic) bond motifs is 2. The number of hydrogen-bond acceptors (Lipinski definition) is 6. The van der Waals surface area contributed by atoms with Crippen LogP contribution >= 0.6 is 0 Å². The number of benzene rings is 3. The van der Waals surface area contributed by atoms with Crippen molar-refractivity contribution in [3.8, 4) is 0 Å². The number of furan rings is 1. The van der Waals surface area contributed by atoms with E-state index in [1.54, 1.807) is 6.20 Å². The second kappa shape index (κ2) is 9.78. The van der Waals surface area contributed by atoms with E-state index in [2.05, 4.69) is 15.8 Å². The number of carbonyl (C=O) groups is 2. The molecule has 2 N–H and O–H groups in total. The second-order valence-corrected chi connectivity index (χ2v) is 8.43. The molecule has 0 spiro atoms. The number of amides is 2. The van der Waals surface area contributed by atoms with Crippen LogP contribution in [0.15, 0.2) is 88.5 Å². The lowest BCUT2D eigenvalue weighted by atomic mass is 10.2. The van der Waals surface area contributed by atoms with E-state index in [-0.39, 0.29) is 23.9 Å². The van der Waals surface area contributed by atoms with Gasteiger partial charge in [0.1, 0.15) is 12.1 Å². The summed E-state index contributed by atoms with van der Waals surface area (Å²) in [5.41, 5.74) is 6.04. The van der Waals surface area contributed by atoms with Crippen LogP contribution < -0.4 is 10.7 Å². The van der Waals surface area contributed by atoms with Crippen molar-refractivity contribution < 1.29 is 18.9 Å². The zero-order valence-corrected chi connectivity index (χ0v) is 19.7. The van der Waals surface area contributed by atoms with Crippen LogP contribution in [0.1, 0.15) is 21.7 Å². The lowest BCUT2D eigenvalue weighted by Gasteiger charge is -2.07. The topological polar surface area (TPSA) is 132 Å². The first kappa shape index (κ1) is 23.5. The number of aromatic nitrogens is 1. The number of non-ortho nitro benzene ring substituents is 1. The lowest BCUT2D eigenvalue weighted by molar-refractivity contribution is -0.384. The highest BCUT2D eigenvalue weighted by molar-refractivity contribution is 6.02. The largest absolute Gasteiger partial charge is 0.451 e. The predicted molar refractivity (Wildman–Crippen MR) is 140 cm³/mol. The summed E-state index contributed by atoms with van der Waals surface area (Å²) in [7, 11) is 0. The molecule has 2 amide bonds. The van der Waals surface area contributed by atoms with Crippen LogP contribution in [-0.4, -0.2) is 27.5 Å². The van der Waals surface area contributed by atoms with Crippen LogP contribution in [-0.2, 0) is 11.3 Å². The average Bonchev–Trinajstić information content (AvgIpc) is 3.47. The maximum atomic E-state index is 12.6. The first-order valence-electron chi connectivity index (χ1n) is 11.3. The Morgan fingerprint density at radius 3 is 2.65 bits per heavy atom. The highest BCUT2D eigenvalue weighted by atomic mass is 16.6. The summed E-state index contributed by atoms with van der Waals surface area (Å²) in [4.78, 5) is 35.6. The standard InChI is InChI=1S/C27H21N5O5/c1-17-6-8-20(9-7-17)29-26(33)16-31-15-19(22-4-2-3-5-23(22)31)14-28-30-27(34)25-13-18-12-21(32(35)36)10-11-24(18)37-25/h2-15H,16H2,1H3,(H,29,33)(H,30,34)/b28-14-. The molecule has 0 bridgehead atoms. The fourth-order valence-corrected chi connectivity index (χ4v) is 3.97. The molecule has 5 aromatic rings. The molecular weight excluding hydrogens is 474 g/mol. The second-order valence-electron chi connectivity index (χ2n) is 8.43. The molecule has 2 aromatic heterocycles. The summed E-state index contributed by atoms with van der Waals surface area (Å²) in [6, 6.07) is 20.6. The number of nitrogens with zero attached hydrogens (tertiary/aromatic N) is 3. The Balaban J connectivity index is 1.30. The van der Waals surface area contributed by atoms with Gasteiger partial charge in [-0.25, -0.2) is 5.43 Å². The molecule has 0 aliphatic rings. The van der Waals surface area contributed by atoms with Gasteiger partial charge < -0.3 is 14.3 Å². The van der Waals surface area contributed by atoms with E-state index in [9.17, 15) is 19.7 Å². The van der Waals surface area contributed by atoms with Gasteiger partial charge in [0.05, 0.1) is 11.1 Å². The molecule has 0 aliphatic carbocycles. The minimum Gasteiger partial charge on any atom is -0.451 e. The van der Waals surface area contributed by atoms with E-state index in [0.717, 1.165) is 22.2 Å². The Bertz CT molecular complexity index is 1680. The van der Waals surface area contributed by atoms with E-state index < -0.39 is 10.8 Å². The fourth-order valence-electron chi connectivity index (χ4n) is 3.97. The first-order chi connectivity index (χ1) is 17.9. The van der Waals surface area contributed by atoms with Gasteiger partial charge in [-0.3, -0.25) is 19.7 Å². The van der Waals surface area contributed by atoms with Crippen LogP contribution in [0.25, 0.3) is 21.9 Å². The zero-order chi connectivity index (χ0) is 25.9. The number of hydrogen-bond donors (Lipinski definition) is 2. The lowest BCUT2D eigenvalue weighted by Crippen LogP contribution is -2.18. The summed E-state index contributed by atoms with van der Waals surface area (Å²) in [6.07, 6.45) is 3.28. The number of nitrogens with one attached hydrogen (secondary N) is 2. The van der Waals surface area contributed by atoms with Crippen molar-refractivity contribution in [3.05, 3.63) is 106 Å². The van der Waals surface area contributed by atoms with Gasteiger partial charge in [0, 0.05) is 45.9 Å². The average molecular weight is 495 g/mol. The van der Waals surface area contributed by atoms with Crippen LogP contribution in [0.4, 0.5) is 11.4 Å². The number of hydrazone groups is 1. The Morgan fingerprint density at radius 2 is 1.86 bits per heavy atom. The fraction of sp³-hybridized carbons (Fsp3) is 0.0741. The SMILES string of the molecule is Cc1ccc(NC(=O)Cn2cc(/C=N\NC(=O)c3cc4cc([N+](=O)[O-])ccc4o3)c3ccccc32)cc1. The quantitative estimate of drug-likeness (QED) is 0.186. The molecule has 0 fully saturated rings. The van der Waals surface area contributed by atoms with E-state index in [1.165, 1.54) is 30.5 Å². The minimum atomic E-state index is -0.601. The maximum absolute atomic E-state index is 12.6. The molecule has 184 valence electrons. The molecular formula is C27H21N5O5. The molecule has 10 heteroatoms. The van der Waals surface area contributed by atoms with E-state index in [1.807, 2.05) is 60.0 Å². The first-order valence-corrected chi connectivity index (χ1v) is 11.3. The number of carbonyl (C=O) groups excluding carboxylic acids is 2. The predicted octanol–water partition coefficient (Wildman–Crippen LogP) is 5.01. The molecule has 2 heterocycles. The summed E-state index contributed by atoms with van der Waals surface area (Å²) in [5, 5.41) is 19.2. The third-order valence-corrected chi connectivity index (χ3v) is 5.77. The van der Waals surface area contributed by atoms with E-state index in [0.29, 0.717) is 16.5 Å². The molecule has 3 aromatic carbocycles. The smallest absolute Gasteiger partial charge is 0.307 e. The Hall–Kier alpha value is -5.25. The summed E-state index contributed by atoms with van der Waals surface area (Å²) >= 11 is 0. The Labute approximate surface area is 210 Å². The van der Waals surface area contributed by atoms with Crippen LogP contribution in [0.2, 0.25) is 0 Å². The molecule has 5 rings (SSSR count). The minimum absolute atomic E-state index is 0.0251. The summed E-state index contributed by atoms with van der Waals surface area (Å²) < 4.78 is 7.30. The van der Waals surface area contributed by atoms with Crippen molar-refractivity contribution in [1.29, 1.82) is 0 Å². The summed E-state index contributed by atoms with van der Waals surface area (Å²) in [6.45, 7) is 2.08. The van der Waals surface area contributed by atoms with Crippen molar-refractivity contribution in [2.24, 2.45) is 5.10 Å². The zero-order valence-electron chi connectivity index (χ0n) is 19.7. The van der Waals surface area contributed by atoms with Crippen molar-refractivity contribution >= 4 is 51.3 Å². The third kappa shape index (κ3) is 5.08. The molecule has 0 saturated carbocycles. The normalized spacial score (nSPS) is 11.3. The van der Waals surface area contributed by atoms with Gasteiger partial charge in [-0.15, -0.1) is 0 Å². The number of nitro benzene ring substituents is 1. The van der Waals surface area contributed by atoms with Gasteiger partial charge >= 0.3 is 5.91 Å². The molecule has 0 atom stereocenters. The van der Waals surface area contributed by atoms with Crippen molar-refractivity contribution in [2.45, 2.75) is 13.5 Å². The maximum Gasteiger partial charge on any atom is 0.307 e. The van der Waals surface area contributed by atoms with Crippen LogP contribution in [0.5, 0.6) is 0 Å². The highest BCUT2D eigenvalue weighted by Gasteiger charge is 2.15. The molecule has 37 heavy (non-hydrogen) atoms. The Morgan fingerprint density at radius 1 is 1.08 bits per heavy atom. The van der Waals surface area contributed by atoms with Gasteiger partial charge in [-0.1, -0.05) is 35.9 Å². The highest BCUT2D eigenvalue weighted by Crippen LogP contribution is 2.24. The van der Waals surface area contributed by atoms with E-state index in [4.69, 9.17) is 4.42 Å². The third-order valence-electron chi connectivity index (χ3n) is 5.77. The summed E-state index contributed by atoms with van der Waals surface area (Å²) in [5.74, 6) is -0.800. The van der Waals surface area contributed by atoms with E-state index >= 15 is 0 Å². The molecule has 0 aliphatic heterocycles. The van der Waals surface area contributed by atoms with Gasteiger partial charge in [0.25, 0.3) is 5.69 Å². The molecule has 10 nitrogen and oxygen atoms in total. The Kier molecular flexibility index (Phi) is 6.21. The van der Waals surface area contributed by atoms with Crippen LogP contribution in [0.3, 0.4) is 0 Å². The van der Waals surface area contributed by atoms with Gasteiger partial charge in [-0.05, 0) is 37.3 Å². The monoisotopic (exact) mass is 495 g/mol. The van der Waals surface area contributed by atoms with Crippen molar-refractivity contribution in [1.82, 2.24) is 9.99 Å². The molecule has 0 radical (unpaired) electrons. The molecule has 0 unspecified atom stereocenters. The van der Waals surface area contributed by atoms with Gasteiger partial charge in [-0.2, -0.15) is 5.10 Å². The number of para-hydroxylation sites is 1. The number of rotatable bonds is 7. The van der Waals surface area contributed by atoms with Crippen molar-refractivity contribution in [3.63, 3.8) is 0 Å². The van der Waals surface area contributed by atoms with Crippen molar-refractivity contribution in [2.75, 3.05) is 5.32 Å². The molecule has 0 saturated heterocycles. The number of anilines is 1.